The number of hydrogen-bond acceptors (Lipinski definition) is 8. The number of benzene rings is 2. The number of halogens is 4. The molecule has 0 saturated heterocycles. The number of carbonyl (C=O) groups excluding carboxylic acids is 2. The van der Waals surface area contributed by atoms with Crippen molar-refractivity contribution in [3.8, 4) is 11.5 Å². The maximum Gasteiger partial charge on any atom is 0.416 e. The molecular weight excluding hydrogens is 601 g/mol. The Morgan fingerprint density at radius 1 is 1.02 bits per heavy atom. The number of esters is 1. The Morgan fingerprint density at radius 2 is 1.66 bits per heavy atom. The van der Waals surface area contributed by atoms with Gasteiger partial charge in [0.1, 0.15) is 0 Å². The lowest BCUT2D eigenvalue weighted by molar-refractivity contribution is -0.137. The van der Waals surface area contributed by atoms with Gasteiger partial charge in [0.05, 0.1) is 24.6 Å². The van der Waals surface area contributed by atoms with Crippen molar-refractivity contribution in [3.05, 3.63) is 99.9 Å². The molecule has 0 spiro atoms. The number of alkyl halides is 3. The van der Waals surface area contributed by atoms with E-state index >= 15 is 0 Å². The number of hydrogen-bond donors (Lipinski definition) is 1. The van der Waals surface area contributed by atoms with Crippen LogP contribution in [0.1, 0.15) is 89.4 Å². The molecule has 9 nitrogen and oxygen atoms in total. The van der Waals surface area contributed by atoms with Gasteiger partial charge in [-0.05, 0) is 48.7 Å². The maximum atomic E-state index is 13.2. The fourth-order valence-electron chi connectivity index (χ4n) is 5.14. The summed E-state index contributed by atoms with van der Waals surface area (Å²) < 4.78 is 55.8. The third kappa shape index (κ3) is 6.54. The molecule has 0 bridgehead atoms. The van der Waals surface area contributed by atoms with Gasteiger partial charge in [-0.3, -0.25) is 9.59 Å². The van der Waals surface area contributed by atoms with Gasteiger partial charge in [0.2, 0.25) is 11.6 Å². The predicted molar refractivity (Wildman–Crippen MR) is 153 cm³/mol. The second kappa shape index (κ2) is 12.7. The SMILES string of the molecule is CCCC(=O)Oc1c(OC)ccnc1C(=O)N[C@@H](C)c1noc(C2C(c3ccc(Cl)cc3)C2c2ccc(C(F)(F)F)cc2)n1. The summed E-state index contributed by atoms with van der Waals surface area (Å²) in [6, 6.07) is 13.0. The van der Waals surface area contributed by atoms with Gasteiger partial charge in [-0.15, -0.1) is 0 Å². The minimum Gasteiger partial charge on any atom is -0.493 e. The standard InChI is InChI=1S/C31H28ClF3N4O5/c1-4-5-22(40)43-27-21(42-3)14-15-36-26(27)29(41)37-16(2)28-38-30(44-39-28)25-23(24(25)18-8-12-20(32)13-9-18)17-6-10-19(11-7-17)31(33,34)35/h6-16,23-25H,4-5H2,1-3H3,(H,37,41)/t16-,23?,24?,25?/m0/s1. The molecule has 1 fully saturated rings. The zero-order valence-corrected chi connectivity index (χ0v) is 24.6. The number of nitrogens with zero attached hydrogens (tertiary/aromatic N) is 3. The van der Waals surface area contributed by atoms with E-state index in [9.17, 15) is 22.8 Å². The number of carbonyl (C=O) groups is 2. The Labute approximate surface area is 255 Å². The summed E-state index contributed by atoms with van der Waals surface area (Å²) in [6.07, 6.45) is -2.39. The molecule has 230 valence electrons. The Hall–Kier alpha value is -4.45. The Kier molecular flexibility index (Phi) is 8.91. The van der Waals surface area contributed by atoms with E-state index in [1.807, 2.05) is 19.1 Å². The number of ether oxygens (including phenoxy) is 2. The first-order chi connectivity index (χ1) is 21.0. The summed E-state index contributed by atoms with van der Waals surface area (Å²) in [4.78, 5) is 34.0. The fraction of sp³-hybridized carbons (Fsp3) is 0.323. The Morgan fingerprint density at radius 3 is 2.25 bits per heavy atom. The van der Waals surface area contributed by atoms with Gasteiger partial charge >= 0.3 is 12.1 Å². The molecule has 5 rings (SSSR count). The summed E-state index contributed by atoms with van der Waals surface area (Å²) in [6.45, 7) is 3.47. The quantitative estimate of drug-likeness (QED) is 0.187. The maximum absolute atomic E-state index is 13.2. The zero-order valence-electron chi connectivity index (χ0n) is 23.9. The Bertz CT molecular complexity index is 1640. The second-order valence-corrected chi connectivity index (χ2v) is 10.8. The average molecular weight is 629 g/mol. The number of amides is 1. The zero-order chi connectivity index (χ0) is 31.6. The van der Waals surface area contributed by atoms with E-state index in [1.165, 1.54) is 31.5 Å². The lowest BCUT2D eigenvalue weighted by Gasteiger charge is -2.14. The van der Waals surface area contributed by atoms with Gasteiger partial charge in [0.25, 0.3) is 5.91 Å². The van der Waals surface area contributed by atoms with E-state index in [2.05, 4.69) is 20.4 Å². The molecule has 1 N–H and O–H groups in total. The van der Waals surface area contributed by atoms with Crippen LogP contribution < -0.4 is 14.8 Å². The molecule has 1 aliphatic carbocycles. The predicted octanol–water partition coefficient (Wildman–Crippen LogP) is 7.01. The monoisotopic (exact) mass is 628 g/mol. The second-order valence-electron chi connectivity index (χ2n) is 10.3. The average Bonchev–Trinajstić information content (AvgIpc) is 3.53. The van der Waals surface area contributed by atoms with Crippen LogP contribution in [-0.4, -0.2) is 34.1 Å². The largest absolute Gasteiger partial charge is 0.493 e. The lowest BCUT2D eigenvalue weighted by Crippen LogP contribution is -2.29. The number of pyridine rings is 1. The molecule has 2 aromatic heterocycles. The van der Waals surface area contributed by atoms with Crippen molar-refractivity contribution in [2.24, 2.45) is 0 Å². The molecule has 1 amide bonds. The van der Waals surface area contributed by atoms with Crippen LogP contribution in [0.4, 0.5) is 13.2 Å². The topological polar surface area (TPSA) is 116 Å². The highest BCUT2D eigenvalue weighted by atomic mass is 35.5. The molecule has 2 aromatic carbocycles. The van der Waals surface area contributed by atoms with Crippen molar-refractivity contribution in [3.63, 3.8) is 0 Å². The molecule has 1 saturated carbocycles. The molecule has 4 aromatic rings. The molecule has 2 heterocycles. The highest BCUT2D eigenvalue weighted by molar-refractivity contribution is 6.30. The normalized spacial score (nSPS) is 18.4. The summed E-state index contributed by atoms with van der Waals surface area (Å²) in [5, 5.41) is 7.36. The minimum atomic E-state index is -4.45. The van der Waals surface area contributed by atoms with E-state index in [0.29, 0.717) is 17.0 Å². The van der Waals surface area contributed by atoms with Crippen LogP contribution in [0.5, 0.6) is 11.5 Å². The van der Waals surface area contributed by atoms with Crippen LogP contribution in [0.25, 0.3) is 0 Å². The molecule has 3 unspecified atom stereocenters. The molecule has 0 aliphatic heterocycles. The number of methoxy groups -OCH3 is 1. The molecule has 13 heteroatoms. The fourth-order valence-corrected chi connectivity index (χ4v) is 5.26. The summed E-state index contributed by atoms with van der Waals surface area (Å²) in [7, 11) is 1.38. The highest BCUT2D eigenvalue weighted by Gasteiger charge is 2.56. The van der Waals surface area contributed by atoms with Gasteiger partial charge in [0, 0.05) is 35.5 Å². The van der Waals surface area contributed by atoms with E-state index in [-0.39, 0.29) is 53.1 Å². The number of nitrogens with one attached hydrogen (secondary N) is 1. The smallest absolute Gasteiger partial charge is 0.416 e. The van der Waals surface area contributed by atoms with E-state index in [0.717, 1.165) is 17.7 Å². The van der Waals surface area contributed by atoms with Gasteiger partial charge in [0.15, 0.2) is 17.3 Å². The lowest BCUT2D eigenvalue weighted by atomic mass is 10.0. The Balaban J connectivity index is 1.37. The third-order valence-electron chi connectivity index (χ3n) is 7.35. The summed E-state index contributed by atoms with van der Waals surface area (Å²) in [5.74, 6) is -1.37. The van der Waals surface area contributed by atoms with Crippen LogP contribution in [0.3, 0.4) is 0 Å². The molecular formula is C31H28ClF3N4O5. The third-order valence-corrected chi connectivity index (χ3v) is 7.60. The van der Waals surface area contributed by atoms with Crippen LogP contribution in [0.2, 0.25) is 5.02 Å². The van der Waals surface area contributed by atoms with Crippen molar-refractivity contribution < 1.29 is 36.8 Å². The van der Waals surface area contributed by atoms with Gasteiger partial charge in [-0.1, -0.05) is 47.9 Å². The first kappa shape index (κ1) is 31.0. The van der Waals surface area contributed by atoms with Crippen molar-refractivity contribution in [1.82, 2.24) is 20.4 Å². The van der Waals surface area contributed by atoms with Crippen LogP contribution in [0, 0.1) is 0 Å². The number of rotatable bonds is 10. The molecule has 44 heavy (non-hydrogen) atoms. The van der Waals surface area contributed by atoms with E-state index < -0.39 is 29.7 Å². The number of aromatic nitrogens is 3. The molecule has 4 atom stereocenters. The van der Waals surface area contributed by atoms with Crippen LogP contribution in [0.15, 0.2) is 65.3 Å². The van der Waals surface area contributed by atoms with Gasteiger partial charge in [-0.2, -0.15) is 18.2 Å². The minimum absolute atomic E-state index is 0.102. The van der Waals surface area contributed by atoms with Gasteiger partial charge < -0.3 is 19.3 Å². The first-order valence-electron chi connectivity index (χ1n) is 13.8. The summed E-state index contributed by atoms with van der Waals surface area (Å²) in [5.41, 5.74) is 0.717. The molecule has 0 radical (unpaired) electrons. The summed E-state index contributed by atoms with van der Waals surface area (Å²) >= 11 is 6.08. The van der Waals surface area contributed by atoms with E-state index in [1.54, 1.807) is 19.1 Å². The van der Waals surface area contributed by atoms with Crippen LogP contribution >= 0.6 is 11.6 Å². The van der Waals surface area contributed by atoms with Crippen molar-refractivity contribution in [2.45, 2.75) is 56.7 Å². The van der Waals surface area contributed by atoms with Crippen molar-refractivity contribution in [1.29, 1.82) is 0 Å². The van der Waals surface area contributed by atoms with Crippen molar-refractivity contribution in [2.75, 3.05) is 7.11 Å². The van der Waals surface area contributed by atoms with Gasteiger partial charge in [-0.25, -0.2) is 4.98 Å². The van der Waals surface area contributed by atoms with E-state index in [4.69, 9.17) is 25.6 Å². The van der Waals surface area contributed by atoms with Crippen LogP contribution in [-0.2, 0) is 11.0 Å². The van der Waals surface area contributed by atoms with Crippen molar-refractivity contribution >= 4 is 23.5 Å². The highest BCUT2D eigenvalue weighted by Crippen LogP contribution is 2.66. The first-order valence-corrected chi connectivity index (χ1v) is 14.2. The molecule has 1 aliphatic rings.